The van der Waals surface area contributed by atoms with Crippen LogP contribution in [0, 0.1) is 6.92 Å². The van der Waals surface area contributed by atoms with Crippen molar-refractivity contribution in [3.63, 3.8) is 0 Å². The molecule has 92 valence electrons. The van der Waals surface area contributed by atoms with Gasteiger partial charge in [0.25, 0.3) is 5.56 Å². The predicted octanol–water partition coefficient (Wildman–Crippen LogP) is 1.60. The molecular formula is C10H10F3N3O. The molecule has 0 atom stereocenters. The van der Waals surface area contributed by atoms with Crippen molar-refractivity contribution in [1.29, 1.82) is 0 Å². The molecule has 0 fully saturated rings. The first-order chi connectivity index (χ1) is 7.73. The maximum absolute atomic E-state index is 12.6. The van der Waals surface area contributed by atoms with Gasteiger partial charge in [-0.15, -0.1) is 0 Å². The quantitative estimate of drug-likeness (QED) is 0.707. The molecule has 4 nitrogen and oxygen atoms in total. The van der Waals surface area contributed by atoms with E-state index in [1.807, 2.05) is 0 Å². The molecule has 2 aromatic heterocycles. The number of aryl methyl sites for hydroxylation is 3. The van der Waals surface area contributed by atoms with Gasteiger partial charge >= 0.3 is 6.18 Å². The summed E-state index contributed by atoms with van der Waals surface area (Å²) in [6, 6.07) is 1.42. The molecule has 17 heavy (non-hydrogen) atoms. The average molecular weight is 245 g/mol. The van der Waals surface area contributed by atoms with Crippen molar-refractivity contribution >= 4 is 11.2 Å². The smallest absolute Gasteiger partial charge is 0.322 e. The molecule has 0 N–H and O–H groups in total. The van der Waals surface area contributed by atoms with E-state index in [4.69, 9.17) is 0 Å². The number of imidazole rings is 1. The highest BCUT2D eigenvalue weighted by Gasteiger charge is 2.37. The molecule has 2 aromatic rings. The number of aromatic nitrogens is 3. The first-order valence-electron chi connectivity index (χ1n) is 4.83. The Morgan fingerprint density at radius 1 is 1.24 bits per heavy atom. The van der Waals surface area contributed by atoms with Crippen molar-refractivity contribution in [3.8, 4) is 0 Å². The number of nitrogens with zero attached hydrogens (tertiary/aromatic N) is 3. The van der Waals surface area contributed by atoms with Crippen LogP contribution in [-0.2, 0) is 20.3 Å². The lowest BCUT2D eigenvalue weighted by atomic mass is 10.3. The number of halogens is 3. The number of pyridine rings is 1. The molecule has 0 aliphatic heterocycles. The summed E-state index contributed by atoms with van der Waals surface area (Å²) >= 11 is 0. The van der Waals surface area contributed by atoms with E-state index in [0.29, 0.717) is 5.56 Å². The number of hydrogen-bond donors (Lipinski definition) is 0. The monoisotopic (exact) mass is 245 g/mol. The molecule has 0 amide bonds. The zero-order chi connectivity index (χ0) is 13.0. The minimum absolute atomic E-state index is 0.0374. The van der Waals surface area contributed by atoms with Crippen LogP contribution in [0.2, 0.25) is 0 Å². The fourth-order valence-electron chi connectivity index (χ4n) is 1.79. The Labute approximate surface area is 94.3 Å². The number of hydrogen-bond acceptors (Lipinski definition) is 2. The molecule has 0 saturated carbocycles. The third-order valence-electron chi connectivity index (χ3n) is 2.69. The summed E-state index contributed by atoms with van der Waals surface area (Å²) in [6.45, 7) is 1.56. The summed E-state index contributed by atoms with van der Waals surface area (Å²) in [4.78, 5) is 15.1. The summed E-state index contributed by atoms with van der Waals surface area (Å²) in [5, 5.41) is 0. The van der Waals surface area contributed by atoms with E-state index in [2.05, 4.69) is 4.98 Å². The van der Waals surface area contributed by atoms with Crippen LogP contribution in [0.4, 0.5) is 13.2 Å². The first-order valence-corrected chi connectivity index (χ1v) is 4.83. The summed E-state index contributed by atoms with van der Waals surface area (Å²) in [5.74, 6) is -1.01. The van der Waals surface area contributed by atoms with Gasteiger partial charge in [0.2, 0.25) is 5.82 Å². The van der Waals surface area contributed by atoms with Crippen LogP contribution in [0.5, 0.6) is 0 Å². The average Bonchev–Trinajstić information content (AvgIpc) is 2.53. The second-order valence-corrected chi connectivity index (χ2v) is 3.89. The van der Waals surface area contributed by atoms with Crippen LogP contribution in [0.3, 0.4) is 0 Å². The van der Waals surface area contributed by atoms with Crippen LogP contribution in [0.15, 0.2) is 10.9 Å². The van der Waals surface area contributed by atoms with Crippen molar-refractivity contribution in [2.24, 2.45) is 14.1 Å². The summed E-state index contributed by atoms with van der Waals surface area (Å²) in [5.41, 5.74) is 0.369. The van der Waals surface area contributed by atoms with E-state index in [1.54, 1.807) is 6.92 Å². The van der Waals surface area contributed by atoms with Crippen LogP contribution < -0.4 is 5.56 Å². The second kappa shape index (κ2) is 3.35. The Kier molecular flexibility index (Phi) is 2.30. The van der Waals surface area contributed by atoms with E-state index in [0.717, 1.165) is 9.13 Å². The standard InChI is InChI=1S/C10H10F3N3O/c1-5-4-6-7(16(3)8(5)17)14-9(15(6)2)10(11,12)13/h4H,1-3H3. The van der Waals surface area contributed by atoms with Crippen molar-refractivity contribution in [2.75, 3.05) is 0 Å². The van der Waals surface area contributed by atoms with Crippen molar-refractivity contribution < 1.29 is 13.2 Å². The molecular weight excluding hydrogens is 235 g/mol. The molecule has 0 bridgehead atoms. The topological polar surface area (TPSA) is 39.8 Å². The molecule has 7 heteroatoms. The minimum atomic E-state index is -4.53. The molecule has 0 aromatic carbocycles. The normalized spacial score (nSPS) is 12.4. The highest BCUT2D eigenvalue weighted by atomic mass is 19.4. The molecule has 0 spiro atoms. The van der Waals surface area contributed by atoms with Gasteiger partial charge in [-0.3, -0.25) is 9.36 Å². The van der Waals surface area contributed by atoms with Crippen LogP contribution in [-0.4, -0.2) is 14.1 Å². The third-order valence-corrected chi connectivity index (χ3v) is 2.69. The van der Waals surface area contributed by atoms with Crippen molar-refractivity contribution in [1.82, 2.24) is 14.1 Å². The number of alkyl halides is 3. The van der Waals surface area contributed by atoms with Gasteiger partial charge in [-0.05, 0) is 13.0 Å². The fourth-order valence-corrected chi connectivity index (χ4v) is 1.79. The predicted molar refractivity (Wildman–Crippen MR) is 55.7 cm³/mol. The van der Waals surface area contributed by atoms with Crippen LogP contribution >= 0.6 is 0 Å². The Hall–Kier alpha value is -1.79. The maximum Gasteiger partial charge on any atom is 0.449 e. The summed E-state index contributed by atoms with van der Waals surface area (Å²) in [7, 11) is 2.69. The SMILES string of the molecule is Cc1cc2c(nc(C(F)(F)F)n2C)n(C)c1=O. The van der Waals surface area contributed by atoms with Crippen molar-refractivity contribution in [3.05, 3.63) is 27.8 Å². The Bertz CT molecular complexity index is 651. The highest BCUT2D eigenvalue weighted by molar-refractivity contribution is 5.73. The van der Waals surface area contributed by atoms with Gasteiger partial charge in [-0.25, -0.2) is 4.98 Å². The van der Waals surface area contributed by atoms with Gasteiger partial charge in [0.15, 0.2) is 5.65 Å². The third kappa shape index (κ3) is 1.62. The van der Waals surface area contributed by atoms with Gasteiger partial charge in [-0.2, -0.15) is 13.2 Å². The zero-order valence-electron chi connectivity index (χ0n) is 9.46. The molecule has 0 radical (unpaired) electrons. The van der Waals surface area contributed by atoms with Crippen LogP contribution in [0.25, 0.3) is 11.2 Å². The molecule has 0 saturated heterocycles. The lowest BCUT2D eigenvalue weighted by Crippen LogP contribution is -2.19. The Morgan fingerprint density at radius 2 is 1.82 bits per heavy atom. The molecule has 0 aliphatic rings. The van der Waals surface area contributed by atoms with Gasteiger partial charge in [0.1, 0.15) is 0 Å². The van der Waals surface area contributed by atoms with Gasteiger partial charge in [-0.1, -0.05) is 0 Å². The zero-order valence-corrected chi connectivity index (χ0v) is 9.46. The first kappa shape index (κ1) is 11.7. The molecule has 2 heterocycles. The van der Waals surface area contributed by atoms with E-state index in [9.17, 15) is 18.0 Å². The van der Waals surface area contributed by atoms with Crippen molar-refractivity contribution in [2.45, 2.75) is 13.1 Å². The van der Waals surface area contributed by atoms with Gasteiger partial charge in [0.05, 0.1) is 5.52 Å². The van der Waals surface area contributed by atoms with E-state index in [1.165, 1.54) is 20.2 Å². The summed E-state index contributed by atoms with van der Waals surface area (Å²) in [6.07, 6.45) is -4.53. The number of rotatable bonds is 0. The van der Waals surface area contributed by atoms with Crippen LogP contribution in [0.1, 0.15) is 11.4 Å². The molecule has 2 rings (SSSR count). The second-order valence-electron chi connectivity index (χ2n) is 3.89. The minimum Gasteiger partial charge on any atom is -0.322 e. The van der Waals surface area contributed by atoms with E-state index < -0.39 is 12.0 Å². The Morgan fingerprint density at radius 3 is 2.35 bits per heavy atom. The van der Waals surface area contributed by atoms with Gasteiger partial charge < -0.3 is 4.57 Å². The molecule has 0 unspecified atom stereocenters. The molecule has 0 aliphatic carbocycles. The van der Waals surface area contributed by atoms with E-state index in [-0.39, 0.29) is 16.7 Å². The number of fused-ring (bicyclic) bond motifs is 1. The fraction of sp³-hybridized carbons (Fsp3) is 0.400. The largest absolute Gasteiger partial charge is 0.449 e. The van der Waals surface area contributed by atoms with E-state index >= 15 is 0 Å². The van der Waals surface area contributed by atoms with Gasteiger partial charge in [0, 0.05) is 19.7 Å². The maximum atomic E-state index is 12.6. The lowest BCUT2D eigenvalue weighted by molar-refractivity contribution is -0.146. The lowest BCUT2D eigenvalue weighted by Gasteiger charge is -2.05. The Balaban J connectivity index is 2.93. The summed E-state index contributed by atoms with van der Waals surface area (Å²) < 4.78 is 40.0. The highest BCUT2D eigenvalue weighted by Crippen LogP contribution is 2.30.